The minimum Gasteiger partial charge on any atom is -0.478 e. The first kappa shape index (κ1) is 21.5. The molecule has 3 aromatic rings. The van der Waals surface area contributed by atoms with Crippen molar-refractivity contribution in [3.05, 3.63) is 102 Å². The van der Waals surface area contributed by atoms with Gasteiger partial charge in [-0.15, -0.1) is 0 Å². The van der Waals surface area contributed by atoms with E-state index in [9.17, 15) is 14.4 Å². The van der Waals surface area contributed by atoms with Crippen molar-refractivity contribution in [3.8, 4) is 0 Å². The Morgan fingerprint density at radius 2 is 1.84 bits per heavy atom. The highest BCUT2D eigenvalue weighted by Gasteiger charge is 2.33. The highest BCUT2D eigenvalue weighted by atomic mass is 32.1. The van der Waals surface area contributed by atoms with E-state index in [0.29, 0.717) is 32.6 Å². The van der Waals surface area contributed by atoms with Gasteiger partial charge >= 0.3 is 11.9 Å². The maximum Gasteiger partial charge on any atom is 0.338 e. The number of carbonyl (C=O) groups excluding carboxylic acids is 1. The van der Waals surface area contributed by atoms with Gasteiger partial charge < -0.3 is 9.84 Å². The van der Waals surface area contributed by atoms with Crippen molar-refractivity contribution in [2.24, 2.45) is 4.99 Å². The van der Waals surface area contributed by atoms with E-state index >= 15 is 0 Å². The van der Waals surface area contributed by atoms with Crippen LogP contribution in [-0.2, 0) is 9.53 Å². The summed E-state index contributed by atoms with van der Waals surface area (Å²) in [7, 11) is 1.32. The molecular formula is C24H20N2O5S. The fourth-order valence-corrected chi connectivity index (χ4v) is 4.71. The number of fused-ring (bicyclic) bond motifs is 1. The number of aromatic carboxylic acids is 1. The van der Waals surface area contributed by atoms with Gasteiger partial charge in [0.2, 0.25) is 0 Å². The third-order valence-corrected chi connectivity index (χ3v) is 6.20. The van der Waals surface area contributed by atoms with Gasteiger partial charge in [-0.25, -0.2) is 14.6 Å². The Balaban J connectivity index is 1.94. The van der Waals surface area contributed by atoms with Crippen LogP contribution in [-0.4, -0.2) is 28.7 Å². The number of hydrogen-bond acceptors (Lipinski definition) is 6. The summed E-state index contributed by atoms with van der Waals surface area (Å²) in [5, 5.41) is 9.08. The van der Waals surface area contributed by atoms with Gasteiger partial charge in [0.1, 0.15) is 0 Å². The summed E-state index contributed by atoms with van der Waals surface area (Å²) in [6.45, 7) is 1.91. The molecule has 0 bridgehead atoms. The van der Waals surface area contributed by atoms with Crippen LogP contribution in [0.2, 0.25) is 0 Å². The van der Waals surface area contributed by atoms with Gasteiger partial charge in [0.15, 0.2) is 4.80 Å². The molecule has 1 N–H and O–H groups in total. The number of methoxy groups -OCH3 is 1. The average Bonchev–Trinajstić information content (AvgIpc) is 3.12. The standard InChI is InChI=1S/C24H20N2O5S/c1-3-17-19(23(30)31-2)20(15-7-5-4-6-8-15)26-21(27)18(32-24(26)25-17)13-14-9-11-16(12-10-14)22(28)29/h4-13,20H,3H2,1-2H3,(H,28,29)/b18-13-/t20-/m0/s1. The van der Waals surface area contributed by atoms with Crippen molar-refractivity contribution in [2.75, 3.05) is 7.11 Å². The van der Waals surface area contributed by atoms with E-state index in [1.807, 2.05) is 37.3 Å². The van der Waals surface area contributed by atoms with Gasteiger partial charge in [0, 0.05) is 0 Å². The molecular weight excluding hydrogens is 428 g/mol. The molecule has 2 heterocycles. The lowest BCUT2D eigenvalue weighted by molar-refractivity contribution is -0.136. The molecule has 162 valence electrons. The average molecular weight is 449 g/mol. The molecule has 1 atom stereocenters. The number of hydrogen-bond donors (Lipinski definition) is 1. The first-order valence-electron chi connectivity index (χ1n) is 9.96. The minimum absolute atomic E-state index is 0.169. The van der Waals surface area contributed by atoms with Crippen LogP contribution in [0.5, 0.6) is 0 Å². The number of aromatic nitrogens is 1. The summed E-state index contributed by atoms with van der Waals surface area (Å²) in [5.74, 6) is -1.53. The molecule has 1 aliphatic heterocycles. The Bertz CT molecular complexity index is 1400. The van der Waals surface area contributed by atoms with Crippen LogP contribution in [0, 0.1) is 0 Å². The van der Waals surface area contributed by atoms with E-state index in [0.717, 1.165) is 5.56 Å². The SMILES string of the molecule is CCC1=C(C(=O)OC)[C@H](c2ccccc2)n2c(s/c(=C\c3ccc(C(=O)O)cc3)c2=O)=N1. The predicted octanol–water partition coefficient (Wildman–Crippen LogP) is 2.50. The zero-order chi connectivity index (χ0) is 22.8. The number of carboxylic acids is 1. The van der Waals surface area contributed by atoms with Crippen LogP contribution >= 0.6 is 11.3 Å². The lowest BCUT2D eigenvalue weighted by Gasteiger charge is -2.25. The quantitative estimate of drug-likeness (QED) is 0.605. The van der Waals surface area contributed by atoms with Crippen LogP contribution in [0.1, 0.15) is 40.9 Å². The smallest absolute Gasteiger partial charge is 0.338 e. The Labute approximate surface area is 187 Å². The topological polar surface area (TPSA) is 98.0 Å². The molecule has 0 unspecified atom stereocenters. The molecule has 0 spiro atoms. The normalized spacial score (nSPS) is 15.8. The predicted molar refractivity (Wildman–Crippen MR) is 120 cm³/mol. The molecule has 1 aliphatic rings. The number of carboxylic acid groups (broad SMARTS) is 1. The Hall–Kier alpha value is -3.78. The molecule has 0 saturated heterocycles. The van der Waals surface area contributed by atoms with Crippen LogP contribution < -0.4 is 14.9 Å². The molecule has 0 radical (unpaired) electrons. The zero-order valence-corrected chi connectivity index (χ0v) is 18.3. The lowest BCUT2D eigenvalue weighted by Crippen LogP contribution is -2.40. The first-order valence-corrected chi connectivity index (χ1v) is 10.8. The van der Waals surface area contributed by atoms with Crippen LogP contribution in [0.3, 0.4) is 0 Å². The summed E-state index contributed by atoms with van der Waals surface area (Å²) in [4.78, 5) is 42.4. The molecule has 8 heteroatoms. The number of carbonyl (C=O) groups is 2. The summed E-state index contributed by atoms with van der Waals surface area (Å²) in [5.41, 5.74) is 2.31. The second-order valence-electron chi connectivity index (χ2n) is 7.13. The molecule has 0 fully saturated rings. The van der Waals surface area contributed by atoms with Crippen molar-refractivity contribution in [3.63, 3.8) is 0 Å². The fraction of sp³-hybridized carbons (Fsp3) is 0.167. The summed E-state index contributed by atoms with van der Waals surface area (Å²) < 4.78 is 7.01. The van der Waals surface area contributed by atoms with E-state index in [1.165, 1.54) is 35.1 Å². The molecule has 0 aliphatic carbocycles. The van der Waals surface area contributed by atoms with E-state index in [2.05, 4.69) is 4.99 Å². The van der Waals surface area contributed by atoms with Gasteiger partial charge in [-0.05, 0) is 35.8 Å². The Kier molecular flexibility index (Phi) is 5.87. The first-order chi connectivity index (χ1) is 15.4. The Morgan fingerprint density at radius 1 is 1.16 bits per heavy atom. The largest absolute Gasteiger partial charge is 0.478 e. The number of rotatable bonds is 5. The fourth-order valence-electron chi connectivity index (χ4n) is 3.69. The van der Waals surface area contributed by atoms with E-state index in [4.69, 9.17) is 9.84 Å². The van der Waals surface area contributed by atoms with Crippen LogP contribution in [0.15, 0.2) is 75.7 Å². The van der Waals surface area contributed by atoms with Crippen molar-refractivity contribution >= 4 is 29.4 Å². The third-order valence-electron chi connectivity index (χ3n) is 5.22. The second kappa shape index (κ2) is 8.76. The third kappa shape index (κ3) is 3.80. The number of nitrogens with zero attached hydrogens (tertiary/aromatic N) is 2. The molecule has 1 aromatic heterocycles. The van der Waals surface area contributed by atoms with Gasteiger partial charge in [0.25, 0.3) is 5.56 Å². The molecule has 0 saturated carbocycles. The number of thiazole rings is 1. The number of ether oxygens (including phenoxy) is 1. The molecule has 4 rings (SSSR count). The lowest BCUT2D eigenvalue weighted by atomic mass is 9.95. The summed E-state index contributed by atoms with van der Waals surface area (Å²) in [6.07, 6.45) is 2.21. The van der Waals surface area contributed by atoms with Gasteiger partial charge in [-0.1, -0.05) is 60.7 Å². The number of benzene rings is 2. The Morgan fingerprint density at radius 3 is 2.44 bits per heavy atom. The summed E-state index contributed by atoms with van der Waals surface area (Å²) in [6, 6.07) is 14.9. The van der Waals surface area contributed by atoms with E-state index < -0.39 is 18.0 Å². The molecule has 7 nitrogen and oxygen atoms in total. The maximum atomic E-state index is 13.4. The maximum absolute atomic E-state index is 13.4. The van der Waals surface area contributed by atoms with Gasteiger partial charge in [-0.3, -0.25) is 9.36 Å². The van der Waals surface area contributed by atoms with Crippen molar-refractivity contribution < 1.29 is 19.4 Å². The highest BCUT2D eigenvalue weighted by molar-refractivity contribution is 7.07. The minimum atomic E-state index is -1.01. The van der Waals surface area contributed by atoms with Crippen LogP contribution in [0.25, 0.3) is 6.08 Å². The monoisotopic (exact) mass is 448 g/mol. The van der Waals surface area contributed by atoms with Gasteiger partial charge in [-0.2, -0.15) is 0 Å². The molecule has 2 aromatic carbocycles. The van der Waals surface area contributed by atoms with Gasteiger partial charge in [0.05, 0.1) is 34.5 Å². The summed E-state index contributed by atoms with van der Waals surface area (Å²) >= 11 is 1.23. The van der Waals surface area contributed by atoms with E-state index in [-0.39, 0.29) is 11.1 Å². The highest BCUT2D eigenvalue weighted by Crippen LogP contribution is 2.31. The number of esters is 1. The molecule has 32 heavy (non-hydrogen) atoms. The van der Waals surface area contributed by atoms with Crippen molar-refractivity contribution in [1.82, 2.24) is 4.57 Å². The second-order valence-corrected chi connectivity index (χ2v) is 8.14. The molecule has 0 amide bonds. The number of allylic oxidation sites excluding steroid dienone is 1. The van der Waals surface area contributed by atoms with E-state index in [1.54, 1.807) is 18.2 Å². The van der Waals surface area contributed by atoms with Crippen LogP contribution in [0.4, 0.5) is 0 Å². The van der Waals surface area contributed by atoms with Crippen molar-refractivity contribution in [2.45, 2.75) is 19.4 Å². The van der Waals surface area contributed by atoms with Crippen molar-refractivity contribution in [1.29, 1.82) is 0 Å². The zero-order valence-electron chi connectivity index (χ0n) is 17.4.